The molecule has 1 aromatic heterocycles. The van der Waals surface area contributed by atoms with Gasteiger partial charge in [0.15, 0.2) is 0 Å². The Bertz CT molecular complexity index is 792. The molecule has 2 amide bonds. The summed E-state index contributed by atoms with van der Waals surface area (Å²) in [6, 6.07) is 9.35. The van der Waals surface area contributed by atoms with Gasteiger partial charge in [-0.3, -0.25) is 14.5 Å². The number of carbonyl (C=O) groups excluding carboxylic acids is 2. The number of morpholine rings is 1. The number of rotatable bonds is 4. The molecular formula is C20H25N5O3. The Kier molecular flexibility index (Phi) is 5.68. The first-order chi connectivity index (χ1) is 13.7. The molecule has 4 rings (SSSR count). The fourth-order valence-corrected chi connectivity index (χ4v) is 3.57. The minimum absolute atomic E-state index is 0.0335. The third-order valence-corrected chi connectivity index (χ3v) is 5.27. The summed E-state index contributed by atoms with van der Waals surface area (Å²) in [5, 5.41) is 4.19. The molecule has 3 heterocycles. The number of benzene rings is 1. The van der Waals surface area contributed by atoms with Crippen molar-refractivity contribution < 1.29 is 14.3 Å². The zero-order chi connectivity index (χ0) is 19.3. The van der Waals surface area contributed by atoms with E-state index in [0.717, 1.165) is 5.69 Å². The van der Waals surface area contributed by atoms with E-state index >= 15 is 0 Å². The smallest absolute Gasteiger partial charge is 0.253 e. The van der Waals surface area contributed by atoms with Crippen LogP contribution in [-0.2, 0) is 9.53 Å². The molecule has 2 aliphatic rings. The van der Waals surface area contributed by atoms with Crippen LogP contribution in [-0.4, -0.2) is 95.3 Å². The van der Waals surface area contributed by atoms with E-state index in [1.807, 2.05) is 46.3 Å². The molecule has 2 aliphatic heterocycles. The molecule has 0 N–H and O–H groups in total. The average Bonchev–Trinajstić information content (AvgIpc) is 3.29. The van der Waals surface area contributed by atoms with Gasteiger partial charge in [0.2, 0.25) is 5.91 Å². The highest BCUT2D eigenvalue weighted by molar-refractivity contribution is 5.94. The highest BCUT2D eigenvalue weighted by atomic mass is 16.5. The Labute approximate surface area is 164 Å². The van der Waals surface area contributed by atoms with Crippen LogP contribution in [0.2, 0.25) is 0 Å². The molecule has 0 radical (unpaired) electrons. The van der Waals surface area contributed by atoms with Gasteiger partial charge in [0, 0.05) is 57.2 Å². The van der Waals surface area contributed by atoms with Crippen LogP contribution < -0.4 is 0 Å². The summed E-state index contributed by atoms with van der Waals surface area (Å²) in [6.45, 7) is 5.70. The van der Waals surface area contributed by atoms with E-state index in [2.05, 4.69) is 10.00 Å². The lowest BCUT2D eigenvalue weighted by Gasteiger charge is -2.36. The summed E-state index contributed by atoms with van der Waals surface area (Å²) in [4.78, 5) is 31.0. The average molecular weight is 383 g/mol. The Morgan fingerprint density at radius 1 is 0.929 bits per heavy atom. The normalized spacial score (nSPS) is 18.3. The van der Waals surface area contributed by atoms with Gasteiger partial charge >= 0.3 is 0 Å². The Morgan fingerprint density at radius 3 is 2.29 bits per heavy atom. The van der Waals surface area contributed by atoms with E-state index in [9.17, 15) is 9.59 Å². The second kappa shape index (κ2) is 8.53. The van der Waals surface area contributed by atoms with Crippen LogP contribution in [0.4, 0.5) is 0 Å². The summed E-state index contributed by atoms with van der Waals surface area (Å²) >= 11 is 0. The molecule has 0 unspecified atom stereocenters. The molecule has 8 nitrogen and oxygen atoms in total. The van der Waals surface area contributed by atoms with E-state index in [1.54, 1.807) is 10.9 Å². The van der Waals surface area contributed by atoms with Crippen molar-refractivity contribution >= 4 is 11.8 Å². The predicted octanol–water partition coefficient (Wildman–Crippen LogP) is 0.489. The van der Waals surface area contributed by atoms with Crippen LogP contribution in [0, 0.1) is 0 Å². The second-order valence-electron chi connectivity index (χ2n) is 7.06. The van der Waals surface area contributed by atoms with Crippen LogP contribution in [0.1, 0.15) is 10.4 Å². The van der Waals surface area contributed by atoms with E-state index < -0.39 is 0 Å². The lowest BCUT2D eigenvalue weighted by molar-refractivity contribution is -0.136. The molecule has 2 saturated heterocycles. The topological polar surface area (TPSA) is 70.9 Å². The van der Waals surface area contributed by atoms with Gasteiger partial charge in [-0.25, -0.2) is 4.68 Å². The first-order valence-electron chi connectivity index (χ1n) is 9.68. The second-order valence-corrected chi connectivity index (χ2v) is 7.06. The van der Waals surface area contributed by atoms with E-state index in [-0.39, 0.29) is 11.8 Å². The largest absolute Gasteiger partial charge is 0.378 e. The van der Waals surface area contributed by atoms with Crippen LogP contribution in [0.25, 0.3) is 5.69 Å². The van der Waals surface area contributed by atoms with Gasteiger partial charge in [0.25, 0.3) is 5.91 Å². The first kappa shape index (κ1) is 18.6. The predicted molar refractivity (Wildman–Crippen MR) is 103 cm³/mol. The van der Waals surface area contributed by atoms with Crippen molar-refractivity contribution in [2.45, 2.75) is 0 Å². The van der Waals surface area contributed by atoms with Crippen molar-refractivity contribution in [2.75, 3.05) is 59.0 Å². The fraction of sp³-hybridized carbons (Fsp3) is 0.450. The molecule has 8 heteroatoms. The molecule has 0 atom stereocenters. The highest BCUT2D eigenvalue weighted by Crippen LogP contribution is 2.13. The van der Waals surface area contributed by atoms with E-state index in [4.69, 9.17) is 4.74 Å². The quantitative estimate of drug-likeness (QED) is 0.769. The lowest BCUT2D eigenvalue weighted by Crippen LogP contribution is -2.52. The first-order valence-corrected chi connectivity index (χ1v) is 9.68. The zero-order valence-electron chi connectivity index (χ0n) is 15.9. The molecule has 2 fully saturated rings. The summed E-state index contributed by atoms with van der Waals surface area (Å²) in [6.07, 6.45) is 3.59. The number of nitrogens with zero attached hydrogens (tertiary/aromatic N) is 5. The monoisotopic (exact) mass is 383 g/mol. The summed E-state index contributed by atoms with van der Waals surface area (Å²) in [7, 11) is 0. The van der Waals surface area contributed by atoms with Crippen molar-refractivity contribution in [3.63, 3.8) is 0 Å². The van der Waals surface area contributed by atoms with Crippen LogP contribution in [0.3, 0.4) is 0 Å². The number of ether oxygens (including phenoxy) is 1. The molecule has 148 valence electrons. The molecule has 28 heavy (non-hydrogen) atoms. The zero-order valence-corrected chi connectivity index (χ0v) is 15.9. The third-order valence-electron chi connectivity index (χ3n) is 5.27. The van der Waals surface area contributed by atoms with Crippen molar-refractivity contribution in [3.8, 4) is 5.69 Å². The minimum Gasteiger partial charge on any atom is -0.378 e. The maximum Gasteiger partial charge on any atom is 0.253 e. The molecule has 0 spiro atoms. The van der Waals surface area contributed by atoms with Crippen molar-refractivity contribution in [2.24, 2.45) is 0 Å². The molecule has 0 saturated carbocycles. The molecule has 0 aliphatic carbocycles. The molecular weight excluding hydrogens is 358 g/mol. The van der Waals surface area contributed by atoms with Gasteiger partial charge < -0.3 is 14.5 Å². The number of aromatic nitrogens is 2. The summed E-state index contributed by atoms with van der Waals surface area (Å²) in [5.74, 6) is 0.184. The van der Waals surface area contributed by atoms with E-state index in [0.29, 0.717) is 64.6 Å². The fourth-order valence-electron chi connectivity index (χ4n) is 3.57. The van der Waals surface area contributed by atoms with Gasteiger partial charge in [0.1, 0.15) is 0 Å². The summed E-state index contributed by atoms with van der Waals surface area (Å²) < 4.78 is 7.06. The standard InChI is InChI=1S/C20H25N5O3/c26-19(23-12-14-28-15-13-23)16-22-8-10-24(11-9-22)20(27)17-2-4-18(5-3-17)25-7-1-6-21-25/h1-7H,8-16H2. The number of carbonyl (C=O) groups is 2. The van der Waals surface area contributed by atoms with Gasteiger partial charge in [-0.15, -0.1) is 0 Å². The SMILES string of the molecule is O=C(CN1CCN(C(=O)c2ccc(-n3cccn3)cc2)CC1)N1CCOCC1. The Balaban J connectivity index is 1.28. The molecule has 1 aromatic carbocycles. The molecule has 0 bridgehead atoms. The number of amides is 2. The lowest BCUT2D eigenvalue weighted by atomic mass is 10.1. The van der Waals surface area contributed by atoms with Crippen molar-refractivity contribution in [3.05, 3.63) is 48.3 Å². The Morgan fingerprint density at radius 2 is 1.64 bits per heavy atom. The van der Waals surface area contributed by atoms with E-state index in [1.165, 1.54) is 0 Å². The maximum absolute atomic E-state index is 12.8. The number of hydrogen-bond acceptors (Lipinski definition) is 5. The highest BCUT2D eigenvalue weighted by Gasteiger charge is 2.25. The Hall–Kier alpha value is -2.71. The minimum atomic E-state index is 0.0335. The van der Waals surface area contributed by atoms with Crippen LogP contribution in [0.15, 0.2) is 42.7 Å². The van der Waals surface area contributed by atoms with Gasteiger partial charge in [-0.05, 0) is 30.3 Å². The van der Waals surface area contributed by atoms with Crippen molar-refractivity contribution in [1.82, 2.24) is 24.5 Å². The molecule has 2 aromatic rings. The van der Waals surface area contributed by atoms with Crippen LogP contribution >= 0.6 is 0 Å². The van der Waals surface area contributed by atoms with Crippen LogP contribution in [0.5, 0.6) is 0 Å². The maximum atomic E-state index is 12.8. The third kappa shape index (κ3) is 4.23. The van der Waals surface area contributed by atoms with Crippen molar-refractivity contribution in [1.29, 1.82) is 0 Å². The number of piperazine rings is 1. The number of hydrogen-bond donors (Lipinski definition) is 0. The van der Waals surface area contributed by atoms with Gasteiger partial charge in [-0.1, -0.05) is 0 Å². The summed E-state index contributed by atoms with van der Waals surface area (Å²) in [5.41, 5.74) is 1.60. The van der Waals surface area contributed by atoms with Gasteiger partial charge in [-0.2, -0.15) is 5.10 Å². The van der Waals surface area contributed by atoms with Gasteiger partial charge in [0.05, 0.1) is 25.4 Å².